The Morgan fingerprint density at radius 2 is 1.57 bits per heavy atom. The molecule has 0 aliphatic carbocycles. The summed E-state index contributed by atoms with van der Waals surface area (Å²) < 4.78 is 13.0. The van der Waals surface area contributed by atoms with Crippen molar-refractivity contribution in [1.82, 2.24) is 5.32 Å². The Balaban J connectivity index is -0.0000000597. The number of carbonyl (C=O) groups is 1. The maximum Gasteiger partial charge on any atom is 1.00 e. The molecule has 1 aliphatic heterocycles. The Bertz CT molecular complexity index is 169. The average Bonchev–Trinajstić information content (AvgIpc) is 2.12. The van der Waals surface area contributed by atoms with Crippen LogP contribution in [0.3, 0.4) is 0 Å². The summed E-state index contributed by atoms with van der Waals surface area (Å²) in [5.74, 6) is 0. The van der Waals surface area contributed by atoms with Crippen molar-refractivity contribution in [2.75, 3.05) is 13.2 Å². The summed E-state index contributed by atoms with van der Waals surface area (Å²) in [6.07, 6.45) is -0.296. The van der Waals surface area contributed by atoms with Crippen LogP contribution in [0, 0.1) is 0 Å². The van der Waals surface area contributed by atoms with Crippen molar-refractivity contribution in [3.63, 3.8) is 0 Å². The van der Waals surface area contributed by atoms with E-state index in [1.165, 1.54) is 0 Å². The summed E-state index contributed by atoms with van der Waals surface area (Å²) in [7, 11) is -5.39. The number of amides is 1. The van der Waals surface area contributed by atoms with E-state index >= 15 is 0 Å². The minimum atomic E-state index is -5.39. The molecule has 11 heteroatoms. The van der Waals surface area contributed by atoms with E-state index < -0.39 is 7.82 Å². The average molecular weight is 203 g/mol. The van der Waals surface area contributed by atoms with Gasteiger partial charge in [0.05, 0.1) is 6.54 Å². The van der Waals surface area contributed by atoms with E-state index in [0.717, 1.165) is 0 Å². The Morgan fingerprint density at radius 3 is 1.64 bits per heavy atom. The molecule has 0 bridgehead atoms. The van der Waals surface area contributed by atoms with Crippen molar-refractivity contribution in [2.45, 2.75) is 0 Å². The van der Waals surface area contributed by atoms with Gasteiger partial charge in [0.1, 0.15) is 6.61 Å². The number of carbonyl (C=O) groups excluding carboxylic acids is 1. The molecule has 1 heterocycles. The molecule has 0 radical (unpaired) electrons. The van der Waals surface area contributed by atoms with Gasteiger partial charge in [-0.05, 0) is 0 Å². The molecule has 1 saturated heterocycles. The molecule has 0 spiro atoms. The number of hydrogen-bond donors (Lipinski definition) is 1. The minimum absolute atomic E-state index is 0. The predicted octanol–water partition coefficient (Wildman–Crippen LogP) is -12.1. The zero-order valence-electron chi connectivity index (χ0n) is 8.31. The minimum Gasteiger partial charge on any atom is -0.822 e. The number of rotatable bonds is 0. The zero-order valence-corrected chi connectivity index (χ0v) is 9.21. The Labute approximate surface area is 117 Å². The molecule has 7 nitrogen and oxygen atoms in total. The summed E-state index contributed by atoms with van der Waals surface area (Å²) >= 11 is 0. The third kappa shape index (κ3) is 29.2. The van der Waals surface area contributed by atoms with Crippen LogP contribution in [0.5, 0.6) is 0 Å². The second-order valence-electron chi connectivity index (χ2n) is 1.51. The number of phosphoric acid groups is 1. The summed E-state index contributed by atoms with van der Waals surface area (Å²) in [6, 6.07) is 0. The smallest absolute Gasteiger partial charge is 0.822 e. The first-order valence-corrected chi connectivity index (χ1v) is 3.99. The first-order chi connectivity index (χ1) is 4.89. The fraction of sp³-hybridized carbons (Fsp3) is 0.667. The molecule has 1 N–H and O–H groups in total. The van der Waals surface area contributed by atoms with Crippen LogP contribution >= 0.6 is 7.82 Å². The van der Waals surface area contributed by atoms with Gasteiger partial charge in [-0.1, -0.05) is 0 Å². The van der Waals surface area contributed by atoms with Crippen molar-refractivity contribution >= 4 is 13.9 Å². The molecule has 1 amide bonds. The van der Waals surface area contributed by atoms with Crippen LogP contribution < -0.4 is 76.6 Å². The topological polar surface area (TPSA) is 125 Å². The third-order valence-electron chi connectivity index (χ3n) is 0.605. The maximum atomic E-state index is 9.91. The van der Waals surface area contributed by atoms with E-state index in [9.17, 15) is 4.79 Å². The van der Waals surface area contributed by atoms with Crippen molar-refractivity contribution in [1.29, 1.82) is 0 Å². The fourth-order valence-corrected chi connectivity index (χ4v) is 0.348. The van der Waals surface area contributed by atoms with Gasteiger partial charge in [0.25, 0.3) is 0 Å². The van der Waals surface area contributed by atoms with E-state index in [1.54, 1.807) is 0 Å². The first-order valence-electron chi connectivity index (χ1n) is 2.53. The van der Waals surface area contributed by atoms with Gasteiger partial charge in [0.2, 0.25) is 0 Å². The number of cyclic esters (lactones) is 1. The largest absolute Gasteiger partial charge is 1.00 e. The van der Waals surface area contributed by atoms with Crippen LogP contribution in [0.25, 0.3) is 0 Å². The normalized spacial score (nSPS) is 12.6. The van der Waals surface area contributed by atoms with Crippen molar-refractivity contribution < 1.29 is 85.4 Å². The number of alkyl carbamates (subject to hydrolysis) is 1. The molecule has 1 fully saturated rings. The van der Waals surface area contributed by atoms with Gasteiger partial charge in [-0.2, -0.15) is 7.82 Å². The number of hydrogen-bond acceptors (Lipinski definition) is 6. The molecule has 14 heavy (non-hydrogen) atoms. The maximum absolute atomic E-state index is 9.91. The van der Waals surface area contributed by atoms with Gasteiger partial charge < -0.3 is 29.3 Å². The Hall–Kier alpha value is 1.17. The molecule has 0 unspecified atom stereocenters. The van der Waals surface area contributed by atoms with Crippen LogP contribution in [-0.2, 0) is 9.30 Å². The van der Waals surface area contributed by atoms with Crippen molar-refractivity contribution in [2.24, 2.45) is 0 Å². The van der Waals surface area contributed by atoms with Gasteiger partial charge in [0, 0.05) is 0 Å². The molecule has 1 rings (SSSR count). The second-order valence-corrected chi connectivity index (χ2v) is 2.40. The number of nitrogens with one attached hydrogen (secondary N) is 1. The van der Waals surface area contributed by atoms with Gasteiger partial charge in [-0.25, -0.2) is 4.79 Å². The van der Waals surface area contributed by atoms with Crippen LogP contribution in [0.15, 0.2) is 0 Å². The molecule has 0 aromatic rings. The quantitative estimate of drug-likeness (QED) is 0.307. The van der Waals surface area contributed by atoms with Gasteiger partial charge >= 0.3 is 62.7 Å². The molecule has 1 aliphatic rings. The standard InChI is InChI=1S/C3H5NO2.3Li.H3O4P/c5-3-4-1-2-6-3;;;;1-5(2,3)4/h1-2H2,(H,4,5);;;;(H3,1,2,3,4)/q;3*+1;/p-3. The summed E-state index contributed by atoms with van der Waals surface area (Å²) in [6.45, 7) is 1.19. The SMILES string of the molecule is O=C1NCCO1.O=P([O-])([O-])[O-].[Li+].[Li+].[Li+]. The molecule has 0 atom stereocenters. The van der Waals surface area contributed by atoms with E-state index in [-0.39, 0.29) is 62.7 Å². The third-order valence-corrected chi connectivity index (χ3v) is 0.605. The van der Waals surface area contributed by atoms with E-state index in [2.05, 4.69) is 10.1 Å². The van der Waals surface area contributed by atoms with E-state index in [1.807, 2.05) is 0 Å². The van der Waals surface area contributed by atoms with Crippen LogP contribution in [-0.4, -0.2) is 19.2 Å². The molecule has 0 saturated carbocycles. The first kappa shape index (κ1) is 24.4. The van der Waals surface area contributed by atoms with Gasteiger partial charge in [-0.15, -0.1) is 0 Å². The van der Waals surface area contributed by atoms with Crippen LogP contribution in [0.1, 0.15) is 0 Å². The van der Waals surface area contributed by atoms with Gasteiger partial charge in [-0.3, -0.25) is 0 Å². The van der Waals surface area contributed by atoms with Crippen molar-refractivity contribution in [3.05, 3.63) is 0 Å². The zero-order chi connectivity index (χ0) is 8.91. The van der Waals surface area contributed by atoms with E-state index in [0.29, 0.717) is 13.2 Å². The molecule has 0 aromatic heterocycles. The predicted molar refractivity (Wildman–Crippen MR) is 27.0 cm³/mol. The monoisotopic (exact) mass is 203 g/mol. The molecular formula is C3H5Li3NO6P. The molecule has 66 valence electrons. The molecular weight excluding hydrogens is 198 g/mol. The van der Waals surface area contributed by atoms with Crippen molar-refractivity contribution in [3.8, 4) is 0 Å². The second kappa shape index (κ2) is 12.2. The Kier molecular flexibility index (Phi) is 21.3. The van der Waals surface area contributed by atoms with Crippen LogP contribution in [0.4, 0.5) is 4.79 Å². The van der Waals surface area contributed by atoms with Crippen LogP contribution in [0.2, 0.25) is 0 Å². The van der Waals surface area contributed by atoms with E-state index in [4.69, 9.17) is 19.2 Å². The Morgan fingerprint density at radius 1 is 1.21 bits per heavy atom. The summed E-state index contributed by atoms with van der Waals surface area (Å²) in [4.78, 5) is 35.6. The molecule has 0 aromatic carbocycles. The summed E-state index contributed by atoms with van der Waals surface area (Å²) in [5.41, 5.74) is 0. The number of ether oxygens (including phenoxy) is 1. The van der Waals surface area contributed by atoms with Gasteiger partial charge in [0.15, 0.2) is 0 Å². The fourth-order valence-electron chi connectivity index (χ4n) is 0.348. The summed E-state index contributed by atoms with van der Waals surface area (Å²) in [5, 5.41) is 2.46.